The minimum atomic E-state index is 0.308. The van der Waals surface area contributed by atoms with Gasteiger partial charge in [0.1, 0.15) is 5.75 Å². The normalized spacial score (nSPS) is 10.8. The number of hydrogen-bond donors (Lipinski definition) is 2. The molecular weight excluding hydrogens is 150 g/mol. The van der Waals surface area contributed by atoms with Crippen molar-refractivity contribution in [3.8, 4) is 5.75 Å². The van der Waals surface area contributed by atoms with E-state index >= 15 is 0 Å². The molecular formula is C10H13NO. The molecule has 0 saturated carbocycles. The maximum atomic E-state index is 9.37. The third-order valence-electron chi connectivity index (χ3n) is 1.68. The molecule has 0 amide bonds. The van der Waals surface area contributed by atoms with Crippen molar-refractivity contribution in [2.24, 2.45) is 0 Å². The van der Waals surface area contributed by atoms with E-state index in [1.165, 1.54) is 0 Å². The van der Waals surface area contributed by atoms with Crippen LogP contribution in [-0.4, -0.2) is 5.11 Å². The average Bonchev–Trinajstić information content (AvgIpc) is 2.07. The Bertz CT molecular complexity index is 292. The molecule has 0 aliphatic carbocycles. The van der Waals surface area contributed by atoms with Crippen LogP contribution in [0.4, 0.5) is 5.69 Å². The standard InChI is InChI=1S/C10H13NO/c1-2-3-4-8-7-9(11)5-6-10(8)12/h2-3,5-7,12H,4,11H2,1H3. The molecule has 0 heterocycles. The van der Waals surface area contributed by atoms with Gasteiger partial charge in [-0.05, 0) is 37.1 Å². The highest BCUT2D eigenvalue weighted by molar-refractivity contribution is 5.47. The van der Waals surface area contributed by atoms with E-state index in [4.69, 9.17) is 5.73 Å². The van der Waals surface area contributed by atoms with Gasteiger partial charge in [-0.1, -0.05) is 12.2 Å². The first-order valence-corrected chi connectivity index (χ1v) is 3.92. The van der Waals surface area contributed by atoms with Gasteiger partial charge in [0.15, 0.2) is 0 Å². The summed E-state index contributed by atoms with van der Waals surface area (Å²) in [7, 11) is 0. The van der Waals surface area contributed by atoms with E-state index in [2.05, 4.69) is 0 Å². The Morgan fingerprint density at radius 2 is 2.25 bits per heavy atom. The number of phenols is 1. The van der Waals surface area contributed by atoms with Gasteiger partial charge in [0.25, 0.3) is 0 Å². The zero-order valence-corrected chi connectivity index (χ0v) is 7.12. The number of anilines is 1. The molecule has 2 nitrogen and oxygen atoms in total. The molecule has 0 fully saturated rings. The molecule has 0 spiro atoms. The Morgan fingerprint density at radius 3 is 2.92 bits per heavy atom. The Morgan fingerprint density at radius 1 is 1.50 bits per heavy atom. The molecule has 1 aromatic rings. The summed E-state index contributed by atoms with van der Waals surface area (Å²) in [5.41, 5.74) is 7.12. The van der Waals surface area contributed by atoms with E-state index in [0.29, 0.717) is 11.4 Å². The van der Waals surface area contributed by atoms with Gasteiger partial charge < -0.3 is 10.8 Å². The molecule has 1 rings (SSSR count). The fraction of sp³-hybridized carbons (Fsp3) is 0.200. The van der Waals surface area contributed by atoms with Gasteiger partial charge in [0, 0.05) is 5.69 Å². The summed E-state index contributed by atoms with van der Waals surface area (Å²) in [4.78, 5) is 0. The van der Waals surface area contributed by atoms with E-state index < -0.39 is 0 Å². The topological polar surface area (TPSA) is 46.2 Å². The van der Waals surface area contributed by atoms with E-state index in [-0.39, 0.29) is 0 Å². The zero-order valence-electron chi connectivity index (χ0n) is 7.12. The molecule has 0 aliphatic heterocycles. The first-order valence-electron chi connectivity index (χ1n) is 3.92. The Labute approximate surface area is 72.3 Å². The summed E-state index contributed by atoms with van der Waals surface area (Å²) in [5.74, 6) is 0.308. The second-order valence-corrected chi connectivity index (χ2v) is 2.66. The minimum absolute atomic E-state index is 0.308. The summed E-state index contributed by atoms with van der Waals surface area (Å²) in [6.45, 7) is 1.95. The van der Waals surface area contributed by atoms with Gasteiger partial charge in [0.05, 0.1) is 0 Å². The molecule has 64 valence electrons. The van der Waals surface area contributed by atoms with Crippen molar-refractivity contribution in [1.29, 1.82) is 0 Å². The van der Waals surface area contributed by atoms with Crippen LogP contribution in [0.5, 0.6) is 5.75 Å². The highest BCUT2D eigenvalue weighted by atomic mass is 16.3. The summed E-state index contributed by atoms with van der Waals surface area (Å²) in [6.07, 6.45) is 4.66. The largest absolute Gasteiger partial charge is 0.508 e. The molecule has 0 saturated heterocycles. The molecule has 0 aromatic heterocycles. The van der Waals surface area contributed by atoms with Crippen LogP contribution in [0.1, 0.15) is 12.5 Å². The van der Waals surface area contributed by atoms with Crippen LogP contribution in [-0.2, 0) is 6.42 Å². The molecule has 1 aromatic carbocycles. The zero-order chi connectivity index (χ0) is 8.97. The predicted molar refractivity (Wildman–Crippen MR) is 51.0 cm³/mol. The highest BCUT2D eigenvalue weighted by Crippen LogP contribution is 2.20. The number of hydrogen-bond acceptors (Lipinski definition) is 2. The summed E-state index contributed by atoms with van der Waals surface area (Å²) in [6, 6.07) is 5.10. The first kappa shape index (κ1) is 8.65. The van der Waals surface area contributed by atoms with Gasteiger partial charge in [-0.3, -0.25) is 0 Å². The smallest absolute Gasteiger partial charge is 0.119 e. The van der Waals surface area contributed by atoms with Crippen LogP contribution in [0.15, 0.2) is 30.4 Å². The van der Waals surface area contributed by atoms with Gasteiger partial charge in [-0.25, -0.2) is 0 Å². The van der Waals surface area contributed by atoms with Crippen molar-refractivity contribution in [3.63, 3.8) is 0 Å². The first-order chi connectivity index (χ1) is 5.74. The summed E-state index contributed by atoms with van der Waals surface area (Å²) in [5, 5.41) is 9.37. The maximum absolute atomic E-state index is 9.37. The number of aromatic hydroxyl groups is 1. The third kappa shape index (κ3) is 2.02. The second-order valence-electron chi connectivity index (χ2n) is 2.66. The second kappa shape index (κ2) is 3.81. The number of allylic oxidation sites excluding steroid dienone is 2. The molecule has 0 radical (unpaired) electrons. The van der Waals surface area contributed by atoms with E-state index in [9.17, 15) is 5.11 Å². The Hall–Kier alpha value is -1.44. The molecule has 0 aliphatic rings. The van der Waals surface area contributed by atoms with E-state index in [0.717, 1.165) is 12.0 Å². The van der Waals surface area contributed by atoms with Crippen molar-refractivity contribution in [1.82, 2.24) is 0 Å². The van der Waals surface area contributed by atoms with Crippen molar-refractivity contribution < 1.29 is 5.11 Å². The molecule has 3 N–H and O–H groups in total. The van der Waals surface area contributed by atoms with Crippen LogP contribution in [0.2, 0.25) is 0 Å². The molecule has 12 heavy (non-hydrogen) atoms. The van der Waals surface area contributed by atoms with Crippen LogP contribution in [0.3, 0.4) is 0 Å². The number of phenolic OH excluding ortho intramolecular Hbond substituents is 1. The van der Waals surface area contributed by atoms with Gasteiger partial charge in [0.2, 0.25) is 0 Å². The highest BCUT2D eigenvalue weighted by Gasteiger charge is 1.98. The lowest BCUT2D eigenvalue weighted by Gasteiger charge is -2.01. The Balaban J connectivity index is 2.89. The molecule has 2 heteroatoms. The minimum Gasteiger partial charge on any atom is -0.508 e. The van der Waals surface area contributed by atoms with Gasteiger partial charge in [-0.15, -0.1) is 0 Å². The van der Waals surface area contributed by atoms with Crippen molar-refractivity contribution in [2.45, 2.75) is 13.3 Å². The monoisotopic (exact) mass is 163 g/mol. The number of benzene rings is 1. The van der Waals surface area contributed by atoms with Crippen LogP contribution in [0, 0.1) is 0 Å². The van der Waals surface area contributed by atoms with E-state index in [1.54, 1.807) is 18.2 Å². The quantitative estimate of drug-likeness (QED) is 0.398. The van der Waals surface area contributed by atoms with Crippen molar-refractivity contribution in [2.75, 3.05) is 5.73 Å². The SMILES string of the molecule is CC=CCc1cc(N)ccc1O. The van der Waals surface area contributed by atoms with Crippen molar-refractivity contribution >= 4 is 5.69 Å². The van der Waals surface area contributed by atoms with E-state index in [1.807, 2.05) is 19.1 Å². The molecule has 0 unspecified atom stereocenters. The Kier molecular flexibility index (Phi) is 2.75. The fourth-order valence-electron chi connectivity index (χ4n) is 1.01. The predicted octanol–water partition coefficient (Wildman–Crippen LogP) is 2.09. The fourth-order valence-corrected chi connectivity index (χ4v) is 1.01. The van der Waals surface area contributed by atoms with Crippen LogP contribution < -0.4 is 5.73 Å². The molecule has 0 bridgehead atoms. The van der Waals surface area contributed by atoms with Gasteiger partial charge in [-0.2, -0.15) is 0 Å². The lowest BCUT2D eigenvalue weighted by atomic mass is 10.1. The van der Waals surface area contributed by atoms with Crippen LogP contribution in [0.25, 0.3) is 0 Å². The lowest BCUT2D eigenvalue weighted by molar-refractivity contribution is 0.470. The third-order valence-corrected chi connectivity index (χ3v) is 1.68. The number of nitrogens with two attached hydrogens (primary N) is 1. The lowest BCUT2D eigenvalue weighted by Crippen LogP contribution is -1.88. The van der Waals surface area contributed by atoms with Crippen LogP contribution >= 0.6 is 0 Å². The van der Waals surface area contributed by atoms with Gasteiger partial charge >= 0.3 is 0 Å². The number of nitrogen functional groups attached to an aromatic ring is 1. The molecule has 0 atom stereocenters. The van der Waals surface area contributed by atoms with Crippen molar-refractivity contribution in [3.05, 3.63) is 35.9 Å². The maximum Gasteiger partial charge on any atom is 0.119 e. The number of rotatable bonds is 2. The summed E-state index contributed by atoms with van der Waals surface area (Å²) >= 11 is 0. The average molecular weight is 163 g/mol. The summed E-state index contributed by atoms with van der Waals surface area (Å²) < 4.78 is 0.